The Morgan fingerprint density at radius 1 is 1.03 bits per heavy atom. The van der Waals surface area contributed by atoms with Crippen molar-refractivity contribution in [1.29, 1.82) is 0 Å². The summed E-state index contributed by atoms with van der Waals surface area (Å²) >= 11 is 6.82. The molecule has 35 heavy (non-hydrogen) atoms. The molecular weight excluding hydrogens is 496 g/mol. The molecular formula is C25H18ClF2N3O3S. The predicted octanol–water partition coefficient (Wildman–Crippen LogP) is 6.12. The summed E-state index contributed by atoms with van der Waals surface area (Å²) < 4.78 is 33.9. The lowest BCUT2D eigenvalue weighted by Gasteiger charge is -2.16. The van der Waals surface area contributed by atoms with Crippen molar-refractivity contribution in [3.63, 3.8) is 0 Å². The highest BCUT2D eigenvalue weighted by Crippen LogP contribution is 2.30. The van der Waals surface area contributed by atoms with E-state index in [1.54, 1.807) is 43.3 Å². The van der Waals surface area contributed by atoms with Crippen molar-refractivity contribution in [3.05, 3.63) is 98.8 Å². The number of hydrogen-bond donors (Lipinski definition) is 2. The number of benzene rings is 3. The molecule has 3 aromatic carbocycles. The van der Waals surface area contributed by atoms with Crippen LogP contribution in [0.2, 0.25) is 5.02 Å². The first-order chi connectivity index (χ1) is 16.7. The van der Waals surface area contributed by atoms with Crippen LogP contribution < -0.4 is 15.8 Å². The van der Waals surface area contributed by atoms with Crippen molar-refractivity contribution in [1.82, 2.24) is 10.3 Å². The number of nitrogens with two attached hydrogens (primary N) is 1. The van der Waals surface area contributed by atoms with Crippen LogP contribution >= 0.6 is 22.9 Å². The van der Waals surface area contributed by atoms with E-state index in [1.807, 2.05) is 0 Å². The predicted molar refractivity (Wildman–Crippen MR) is 130 cm³/mol. The molecule has 1 unspecified atom stereocenters. The van der Waals surface area contributed by atoms with Crippen LogP contribution in [0.3, 0.4) is 0 Å². The smallest absolute Gasteiger partial charge is 0.267 e. The van der Waals surface area contributed by atoms with Gasteiger partial charge in [-0.25, -0.2) is 13.8 Å². The molecule has 6 nitrogen and oxygen atoms in total. The van der Waals surface area contributed by atoms with E-state index in [0.29, 0.717) is 16.7 Å². The van der Waals surface area contributed by atoms with Gasteiger partial charge in [0.05, 0.1) is 16.6 Å². The molecule has 0 aliphatic heterocycles. The summed E-state index contributed by atoms with van der Waals surface area (Å²) in [4.78, 5) is 28.3. The zero-order valence-electron chi connectivity index (χ0n) is 18.2. The van der Waals surface area contributed by atoms with Crippen molar-refractivity contribution >= 4 is 34.8 Å². The van der Waals surface area contributed by atoms with Gasteiger partial charge in [-0.2, -0.15) is 0 Å². The quantitative estimate of drug-likeness (QED) is 0.311. The van der Waals surface area contributed by atoms with Gasteiger partial charge in [0.15, 0.2) is 4.88 Å². The molecule has 4 rings (SSSR count). The minimum atomic E-state index is -0.663. The monoisotopic (exact) mass is 513 g/mol. The van der Waals surface area contributed by atoms with E-state index >= 15 is 0 Å². The Morgan fingerprint density at radius 2 is 1.74 bits per heavy atom. The number of rotatable bonds is 7. The number of carbonyl (C=O) groups is 2. The molecule has 1 heterocycles. The summed E-state index contributed by atoms with van der Waals surface area (Å²) in [7, 11) is 0. The minimum absolute atomic E-state index is 0.0256. The maximum Gasteiger partial charge on any atom is 0.267 e. The van der Waals surface area contributed by atoms with Gasteiger partial charge in [-0.15, -0.1) is 11.3 Å². The first kappa shape index (κ1) is 24.3. The number of nitrogens with zero attached hydrogens (tertiary/aromatic N) is 1. The lowest BCUT2D eigenvalue weighted by Crippen LogP contribution is -2.26. The molecule has 178 valence electrons. The second kappa shape index (κ2) is 10.2. The molecule has 0 spiro atoms. The Bertz CT molecular complexity index is 1410. The van der Waals surface area contributed by atoms with Crippen molar-refractivity contribution in [2.24, 2.45) is 5.73 Å². The second-order valence-corrected chi connectivity index (χ2v) is 8.80. The van der Waals surface area contributed by atoms with Crippen LogP contribution in [-0.4, -0.2) is 16.8 Å². The molecule has 0 radical (unpaired) electrons. The SMILES string of the molecule is CC(NC(=O)c1scnc1Oc1ccc(F)c(Cl)c1)c1ccc(-c2ccc(C(N)=O)cc2)cc1F. The van der Waals surface area contributed by atoms with Gasteiger partial charge in [0.25, 0.3) is 5.91 Å². The van der Waals surface area contributed by atoms with Crippen LogP contribution in [-0.2, 0) is 0 Å². The van der Waals surface area contributed by atoms with E-state index < -0.39 is 29.5 Å². The highest BCUT2D eigenvalue weighted by molar-refractivity contribution is 7.12. The van der Waals surface area contributed by atoms with Crippen molar-refractivity contribution in [2.45, 2.75) is 13.0 Å². The number of nitrogens with one attached hydrogen (secondary N) is 1. The lowest BCUT2D eigenvalue weighted by atomic mass is 9.99. The summed E-state index contributed by atoms with van der Waals surface area (Å²) in [6, 6.07) is 14.3. The van der Waals surface area contributed by atoms with E-state index in [1.165, 1.54) is 23.7 Å². The fourth-order valence-corrected chi connectivity index (χ4v) is 4.12. The molecule has 2 amide bonds. The van der Waals surface area contributed by atoms with E-state index in [2.05, 4.69) is 10.3 Å². The molecule has 1 atom stereocenters. The van der Waals surface area contributed by atoms with Crippen LogP contribution in [0.1, 0.15) is 38.6 Å². The Morgan fingerprint density at radius 3 is 2.40 bits per heavy atom. The summed E-state index contributed by atoms with van der Waals surface area (Å²) in [5.74, 6) is -1.91. The third-order valence-corrected chi connectivity index (χ3v) is 6.26. The van der Waals surface area contributed by atoms with Gasteiger partial charge in [0.1, 0.15) is 17.4 Å². The van der Waals surface area contributed by atoms with Gasteiger partial charge in [-0.1, -0.05) is 35.9 Å². The normalized spacial score (nSPS) is 11.7. The fourth-order valence-electron chi connectivity index (χ4n) is 3.34. The van der Waals surface area contributed by atoms with Crippen molar-refractivity contribution in [3.8, 4) is 22.8 Å². The minimum Gasteiger partial charge on any atom is -0.437 e. The highest BCUT2D eigenvalue weighted by Gasteiger charge is 2.21. The average molecular weight is 514 g/mol. The molecule has 1 aromatic heterocycles. The summed E-state index contributed by atoms with van der Waals surface area (Å²) in [6.07, 6.45) is 0. The fraction of sp³-hybridized carbons (Fsp3) is 0.0800. The van der Waals surface area contributed by atoms with Crippen LogP contribution in [0.15, 0.2) is 66.2 Å². The Kier molecular flexibility index (Phi) is 7.09. The molecule has 3 N–H and O–H groups in total. The Labute approximate surface area is 208 Å². The Hall–Kier alpha value is -3.82. The summed E-state index contributed by atoms with van der Waals surface area (Å²) in [5.41, 5.74) is 8.64. The van der Waals surface area contributed by atoms with Gasteiger partial charge in [-0.3, -0.25) is 9.59 Å². The number of amides is 2. The van der Waals surface area contributed by atoms with Crippen molar-refractivity contribution in [2.75, 3.05) is 0 Å². The van der Waals surface area contributed by atoms with Gasteiger partial charge < -0.3 is 15.8 Å². The van der Waals surface area contributed by atoms with E-state index in [0.717, 1.165) is 17.4 Å². The van der Waals surface area contributed by atoms with Crippen LogP contribution in [0.25, 0.3) is 11.1 Å². The van der Waals surface area contributed by atoms with E-state index in [9.17, 15) is 18.4 Å². The number of primary amides is 1. The molecule has 0 saturated carbocycles. The zero-order chi connectivity index (χ0) is 25.1. The number of thiazole rings is 1. The first-order valence-electron chi connectivity index (χ1n) is 10.3. The number of carbonyl (C=O) groups excluding carboxylic acids is 2. The molecule has 0 bridgehead atoms. The Balaban J connectivity index is 1.48. The standard InChI is InChI=1S/C25H18ClF2N3O3S/c1-13(18-8-6-16(10-21(18)28)14-2-4-15(5-3-14)23(29)32)31-24(33)22-25(30-12-35-22)34-17-7-9-20(27)19(26)11-17/h2-13H,1H3,(H2,29,32)(H,31,33). The molecule has 0 aliphatic rings. The van der Waals surface area contributed by atoms with Gasteiger partial charge in [0.2, 0.25) is 11.8 Å². The number of hydrogen-bond acceptors (Lipinski definition) is 5. The number of ether oxygens (including phenoxy) is 1. The maximum absolute atomic E-state index is 14.9. The summed E-state index contributed by atoms with van der Waals surface area (Å²) in [5, 5.41) is 2.61. The molecule has 0 aliphatic carbocycles. The first-order valence-corrected chi connectivity index (χ1v) is 11.6. The van der Waals surface area contributed by atoms with Crippen LogP contribution in [0.4, 0.5) is 8.78 Å². The summed E-state index contributed by atoms with van der Waals surface area (Å²) in [6.45, 7) is 1.65. The zero-order valence-corrected chi connectivity index (χ0v) is 19.8. The number of aromatic nitrogens is 1. The largest absolute Gasteiger partial charge is 0.437 e. The topological polar surface area (TPSA) is 94.3 Å². The highest BCUT2D eigenvalue weighted by atomic mass is 35.5. The molecule has 4 aromatic rings. The number of halogens is 3. The van der Waals surface area contributed by atoms with Crippen LogP contribution in [0, 0.1) is 11.6 Å². The third kappa shape index (κ3) is 5.47. The molecule has 0 saturated heterocycles. The molecule has 0 fully saturated rings. The van der Waals surface area contributed by atoms with E-state index in [4.69, 9.17) is 22.1 Å². The average Bonchev–Trinajstić information content (AvgIpc) is 3.29. The second-order valence-electron chi connectivity index (χ2n) is 7.54. The van der Waals surface area contributed by atoms with Crippen LogP contribution in [0.5, 0.6) is 11.6 Å². The van der Waals surface area contributed by atoms with Gasteiger partial charge in [-0.05, 0) is 48.4 Å². The molecule has 10 heteroatoms. The van der Waals surface area contributed by atoms with Crippen molar-refractivity contribution < 1.29 is 23.1 Å². The van der Waals surface area contributed by atoms with E-state index in [-0.39, 0.29) is 27.1 Å². The van der Waals surface area contributed by atoms with Gasteiger partial charge >= 0.3 is 0 Å². The van der Waals surface area contributed by atoms with Gasteiger partial charge in [0, 0.05) is 17.2 Å². The lowest BCUT2D eigenvalue weighted by molar-refractivity contribution is 0.0939. The third-order valence-electron chi connectivity index (χ3n) is 5.16. The maximum atomic E-state index is 14.9.